The summed E-state index contributed by atoms with van der Waals surface area (Å²) >= 11 is 0. The Morgan fingerprint density at radius 3 is 2.35 bits per heavy atom. The molecule has 0 fully saturated rings. The van der Waals surface area contributed by atoms with Crippen molar-refractivity contribution in [3.05, 3.63) is 84.6 Å². The maximum atomic E-state index is 13.3. The van der Waals surface area contributed by atoms with Crippen LogP contribution in [0.5, 0.6) is 0 Å². The highest BCUT2D eigenvalue weighted by atomic mass is 16.2. The van der Waals surface area contributed by atoms with E-state index in [1.54, 1.807) is 9.58 Å². The van der Waals surface area contributed by atoms with Gasteiger partial charge in [-0.05, 0) is 30.0 Å². The van der Waals surface area contributed by atoms with E-state index in [9.17, 15) is 9.59 Å². The number of benzene rings is 3. The molecule has 0 aliphatic heterocycles. The molecule has 0 aliphatic rings. The molecule has 1 heterocycles. The number of rotatable bonds is 8. The first-order valence-corrected chi connectivity index (χ1v) is 12.8. The fourth-order valence-corrected chi connectivity index (χ4v) is 4.09. The lowest BCUT2D eigenvalue weighted by Gasteiger charge is -2.23. The van der Waals surface area contributed by atoms with Crippen LogP contribution in [-0.4, -0.2) is 39.7 Å². The van der Waals surface area contributed by atoms with Crippen molar-refractivity contribution in [3.8, 4) is 5.69 Å². The van der Waals surface area contributed by atoms with E-state index in [-0.39, 0.29) is 23.9 Å². The molecule has 2 N–H and O–H groups in total. The Balaban J connectivity index is 1.54. The van der Waals surface area contributed by atoms with Crippen molar-refractivity contribution in [1.82, 2.24) is 14.7 Å². The predicted octanol–water partition coefficient (Wildman–Crippen LogP) is 6.60. The van der Waals surface area contributed by atoms with Gasteiger partial charge in [0.15, 0.2) is 0 Å². The number of unbranched alkanes of at least 4 members (excludes halogenated alkanes) is 1. The molecule has 0 saturated heterocycles. The number of nitrogens with zero attached hydrogens (tertiary/aromatic N) is 3. The molecule has 3 aromatic carbocycles. The van der Waals surface area contributed by atoms with E-state index >= 15 is 0 Å². The number of fused-ring (bicyclic) bond motifs is 1. The highest BCUT2D eigenvalue weighted by molar-refractivity contribution is 6.03. The quantitative estimate of drug-likeness (QED) is 0.288. The number of carbonyl (C=O) groups excluding carboxylic acids is 2. The Kier molecular flexibility index (Phi) is 7.92. The summed E-state index contributed by atoms with van der Waals surface area (Å²) in [6.45, 7) is 8.72. The SMILES string of the molecule is CCCCN(CC(=O)Nc1cc(C(C)(C)C)nn1-c1ccccc1)C(=O)Nc1cccc2ccccc12. The summed E-state index contributed by atoms with van der Waals surface area (Å²) in [5.41, 5.74) is 2.25. The highest BCUT2D eigenvalue weighted by Crippen LogP contribution is 2.27. The average Bonchev–Trinajstić information content (AvgIpc) is 3.31. The van der Waals surface area contributed by atoms with Crippen LogP contribution in [0.1, 0.15) is 46.2 Å². The molecular weight excluding hydrogens is 462 g/mol. The van der Waals surface area contributed by atoms with Gasteiger partial charge in [0.25, 0.3) is 0 Å². The van der Waals surface area contributed by atoms with Crippen molar-refractivity contribution < 1.29 is 9.59 Å². The molecule has 4 rings (SSSR count). The molecule has 37 heavy (non-hydrogen) atoms. The number of aromatic nitrogens is 2. The highest BCUT2D eigenvalue weighted by Gasteiger charge is 2.23. The van der Waals surface area contributed by atoms with Crippen LogP contribution in [0.4, 0.5) is 16.3 Å². The number of urea groups is 1. The smallest absolute Gasteiger partial charge is 0.315 e. The number of hydrogen-bond acceptors (Lipinski definition) is 3. The van der Waals surface area contributed by atoms with Crippen LogP contribution in [0.3, 0.4) is 0 Å². The van der Waals surface area contributed by atoms with Gasteiger partial charge >= 0.3 is 6.03 Å². The van der Waals surface area contributed by atoms with E-state index in [2.05, 4.69) is 38.3 Å². The molecule has 0 unspecified atom stereocenters. The Morgan fingerprint density at radius 2 is 1.62 bits per heavy atom. The van der Waals surface area contributed by atoms with E-state index < -0.39 is 0 Å². The fourth-order valence-electron chi connectivity index (χ4n) is 4.09. The van der Waals surface area contributed by atoms with Crippen LogP contribution >= 0.6 is 0 Å². The third kappa shape index (κ3) is 6.36. The third-order valence-corrected chi connectivity index (χ3v) is 6.18. The second-order valence-corrected chi connectivity index (χ2v) is 10.2. The van der Waals surface area contributed by atoms with Gasteiger partial charge in [-0.3, -0.25) is 4.79 Å². The van der Waals surface area contributed by atoms with Crippen LogP contribution in [0, 0.1) is 0 Å². The third-order valence-electron chi connectivity index (χ3n) is 6.18. The van der Waals surface area contributed by atoms with Crippen LogP contribution < -0.4 is 10.6 Å². The monoisotopic (exact) mass is 497 g/mol. The average molecular weight is 498 g/mol. The van der Waals surface area contributed by atoms with Crippen LogP contribution in [0.15, 0.2) is 78.9 Å². The van der Waals surface area contributed by atoms with Crippen LogP contribution in [-0.2, 0) is 10.2 Å². The Labute approximate surface area is 218 Å². The standard InChI is InChI=1S/C30H35N5O2/c1-5-6-19-34(29(37)31-25-18-12-14-22-13-10-11-17-24(22)25)21-28(36)32-27-20-26(30(2,3)4)33-35(27)23-15-8-7-9-16-23/h7-18,20H,5-6,19,21H2,1-4H3,(H,31,37)(H,32,36). The zero-order chi connectivity index (χ0) is 26.4. The van der Waals surface area contributed by atoms with Gasteiger partial charge in [0.1, 0.15) is 12.4 Å². The first-order chi connectivity index (χ1) is 17.8. The summed E-state index contributed by atoms with van der Waals surface area (Å²) in [6, 6.07) is 25.0. The number of nitrogens with one attached hydrogen (secondary N) is 2. The van der Waals surface area contributed by atoms with E-state index in [0.717, 1.165) is 40.7 Å². The van der Waals surface area contributed by atoms with Crippen molar-refractivity contribution in [2.45, 2.75) is 46.0 Å². The van der Waals surface area contributed by atoms with Gasteiger partial charge in [-0.1, -0.05) is 88.7 Å². The van der Waals surface area contributed by atoms with Gasteiger partial charge in [-0.2, -0.15) is 5.10 Å². The summed E-state index contributed by atoms with van der Waals surface area (Å²) in [5.74, 6) is 0.299. The maximum absolute atomic E-state index is 13.3. The van der Waals surface area contributed by atoms with Crippen molar-refractivity contribution in [1.29, 1.82) is 0 Å². The van der Waals surface area contributed by atoms with E-state index in [4.69, 9.17) is 5.10 Å². The summed E-state index contributed by atoms with van der Waals surface area (Å²) in [7, 11) is 0. The molecule has 0 bridgehead atoms. The molecule has 0 radical (unpaired) electrons. The first-order valence-electron chi connectivity index (χ1n) is 12.8. The lowest BCUT2D eigenvalue weighted by atomic mass is 9.92. The number of para-hydroxylation sites is 1. The minimum atomic E-state index is -0.299. The van der Waals surface area contributed by atoms with Crippen LogP contribution in [0.25, 0.3) is 16.5 Å². The Hall–Kier alpha value is -4.13. The van der Waals surface area contributed by atoms with Gasteiger partial charge in [0, 0.05) is 23.4 Å². The molecule has 7 nitrogen and oxygen atoms in total. The molecule has 0 aliphatic carbocycles. The van der Waals surface area contributed by atoms with E-state index in [1.165, 1.54) is 0 Å². The van der Waals surface area contributed by atoms with E-state index in [0.29, 0.717) is 12.4 Å². The molecule has 1 aromatic heterocycles. The molecule has 7 heteroatoms. The minimum absolute atomic E-state index is 0.0680. The van der Waals surface area contributed by atoms with Crippen molar-refractivity contribution in [3.63, 3.8) is 0 Å². The Morgan fingerprint density at radius 1 is 0.919 bits per heavy atom. The van der Waals surface area contributed by atoms with E-state index in [1.807, 2.05) is 78.9 Å². The minimum Gasteiger partial charge on any atom is -0.315 e. The summed E-state index contributed by atoms with van der Waals surface area (Å²) in [4.78, 5) is 28.1. The van der Waals surface area contributed by atoms with Gasteiger partial charge in [-0.25, -0.2) is 9.48 Å². The van der Waals surface area contributed by atoms with Gasteiger partial charge in [-0.15, -0.1) is 0 Å². The number of carbonyl (C=O) groups is 2. The molecule has 0 spiro atoms. The summed E-state index contributed by atoms with van der Waals surface area (Å²) in [5, 5.41) is 12.8. The molecule has 192 valence electrons. The maximum Gasteiger partial charge on any atom is 0.322 e. The normalized spacial score (nSPS) is 11.4. The fraction of sp³-hybridized carbons (Fsp3) is 0.300. The van der Waals surface area contributed by atoms with Gasteiger partial charge < -0.3 is 15.5 Å². The predicted molar refractivity (Wildman–Crippen MR) is 150 cm³/mol. The first kappa shape index (κ1) is 25.9. The lowest BCUT2D eigenvalue weighted by molar-refractivity contribution is -0.116. The summed E-state index contributed by atoms with van der Waals surface area (Å²) < 4.78 is 1.74. The number of amides is 3. The second kappa shape index (κ2) is 11.3. The second-order valence-electron chi connectivity index (χ2n) is 10.2. The largest absolute Gasteiger partial charge is 0.322 e. The van der Waals surface area contributed by atoms with Gasteiger partial charge in [0.05, 0.1) is 17.1 Å². The lowest BCUT2D eigenvalue weighted by Crippen LogP contribution is -2.41. The van der Waals surface area contributed by atoms with Crippen molar-refractivity contribution >= 4 is 34.2 Å². The van der Waals surface area contributed by atoms with Crippen LogP contribution in [0.2, 0.25) is 0 Å². The zero-order valence-electron chi connectivity index (χ0n) is 22.0. The molecule has 4 aromatic rings. The Bertz CT molecular complexity index is 1370. The van der Waals surface area contributed by atoms with Gasteiger partial charge in [0.2, 0.25) is 5.91 Å². The summed E-state index contributed by atoms with van der Waals surface area (Å²) in [6.07, 6.45) is 1.71. The number of hydrogen-bond donors (Lipinski definition) is 2. The zero-order valence-corrected chi connectivity index (χ0v) is 22.0. The van der Waals surface area contributed by atoms with Crippen molar-refractivity contribution in [2.24, 2.45) is 0 Å². The molecule has 0 saturated carbocycles. The number of anilines is 2. The molecular formula is C30H35N5O2. The molecule has 3 amide bonds. The van der Waals surface area contributed by atoms with Crippen molar-refractivity contribution in [2.75, 3.05) is 23.7 Å². The topological polar surface area (TPSA) is 79.3 Å². The molecule has 0 atom stereocenters.